The number of amides is 1. The Morgan fingerprint density at radius 1 is 1.26 bits per heavy atom. The van der Waals surface area contributed by atoms with Gasteiger partial charge in [-0.3, -0.25) is 4.90 Å². The van der Waals surface area contributed by atoms with Gasteiger partial charge in [0.1, 0.15) is 30.0 Å². The van der Waals surface area contributed by atoms with Crippen LogP contribution in [0.4, 0.5) is 21.0 Å². The molecule has 1 fully saturated rings. The van der Waals surface area contributed by atoms with E-state index >= 15 is 0 Å². The fraction of sp³-hybridized carbons (Fsp3) is 0.577. The van der Waals surface area contributed by atoms with Crippen LogP contribution in [-0.2, 0) is 9.47 Å². The number of aromatic nitrogens is 2. The molecular weight excluding hydrogens is 451 g/mol. The molecule has 1 saturated heterocycles. The highest BCUT2D eigenvalue weighted by atomic mass is 19.1. The van der Waals surface area contributed by atoms with Gasteiger partial charge in [-0.05, 0) is 52.2 Å². The van der Waals surface area contributed by atoms with Crippen LogP contribution >= 0.6 is 0 Å². The molecular formula is C26H37FN4O4. The molecule has 0 radical (unpaired) electrons. The van der Waals surface area contributed by atoms with E-state index in [0.717, 1.165) is 0 Å². The van der Waals surface area contributed by atoms with Crippen molar-refractivity contribution in [3.63, 3.8) is 0 Å². The van der Waals surface area contributed by atoms with Gasteiger partial charge >= 0.3 is 6.09 Å². The smallest absolute Gasteiger partial charge is 0.416 e. The van der Waals surface area contributed by atoms with E-state index in [0.29, 0.717) is 36.1 Å². The fourth-order valence-electron chi connectivity index (χ4n) is 3.90. The average molecular weight is 489 g/mol. The molecule has 0 bridgehead atoms. The zero-order valence-electron chi connectivity index (χ0n) is 21.7. The molecule has 192 valence electrons. The van der Waals surface area contributed by atoms with Crippen LogP contribution in [0.2, 0.25) is 0 Å². The zero-order chi connectivity index (χ0) is 25.8. The Balaban J connectivity index is 1.76. The highest BCUT2D eigenvalue weighted by Crippen LogP contribution is 2.29. The van der Waals surface area contributed by atoms with Crippen molar-refractivity contribution in [2.45, 2.75) is 78.7 Å². The number of rotatable bonds is 10. The number of ether oxygens (including phenoxy) is 3. The Morgan fingerprint density at radius 2 is 2.00 bits per heavy atom. The van der Waals surface area contributed by atoms with Crippen molar-refractivity contribution in [3.05, 3.63) is 41.8 Å². The molecule has 3 atom stereocenters. The standard InChI is InChI=1S/C26H37FN4O4/c1-8-22(35-26(5,6)7)21-15-34-25(32)31(21)23-11-12-28-24(30-23)29-17(4)19-10-9-18(13-20(19)27)33-14-16(2)3/h9-13,16-17,21-22H,8,14-15H2,1-7H3,(H,28,29,30)/t17-,21+,22+/m0/s1. The summed E-state index contributed by atoms with van der Waals surface area (Å²) in [4.78, 5) is 22.9. The maximum Gasteiger partial charge on any atom is 0.416 e. The lowest BCUT2D eigenvalue weighted by atomic mass is 10.1. The third-order valence-electron chi connectivity index (χ3n) is 5.50. The number of hydrogen-bond donors (Lipinski definition) is 1. The number of carbonyl (C=O) groups excluding carboxylic acids is 1. The molecule has 1 N–H and O–H groups in total. The first-order chi connectivity index (χ1) is 16.5. The van der Waals surface area contributed by atoms with Crippen LogP contribution < -0.4 is 15.0 Å². The number of hydrogen-bond acceptors (Lipinski definition) is 7. The van der Waals surface area contributed by atoms with Gasteiger partial charge in [0, 0.05) is 17.8 Å². The van der Waals surface area contributed by atoms with Crippen molar-refractivity contribution >= 4 is 17.9 Å². The third kappa shape index (κ3) is 7.04. The van der Waals surface area contributed by atoms with Gasteiger partial charge < -0.3 is 19.5 Å². The molecule has 9 heteroatoms. The Bertz CT molecular complexity index is 1010. The average Bonchev–Trinajstić information content (AvgIpc) is 3.16. The van der Waals surface area contributed by atoms with E-state index in [1.807, 2.05) is 48.5 Å². The molecule has 1 amide bonds. The van der Waals surface area contributed by atoms with Crippen molar-refractivity contribution in [2.75, 3.05) is 23.4 Å². The van der Waals surface area contributed by atoms with Gasteiger partial charge in [-0.2, -0.15) is 4.98 Å². The van der Waals surface area contributed by atoms with Gasteiger partial charge in [-0.1, -0.05) is 26.8 Å². The summed E-state index contributed by atoms with van der Waals surface area (Å²) in [7, 11) is 0. The summed E-state index contributed by atoms with van der Waals surface area (Å²) in [6.45, 7) is 14.6. The summed E-state index contributed by atoms with van der Waals surface area (Å²) < 4.78 is 31.9. The molecule has 1 aliphatic rings. The molecule has 35 heavy (non-hydrogen) atoms. The number of nitrogens with zero attached hydrogens (tertiary/aromatic N) is 3. The zero-order valence-corrected chi connectivity index (χ0v) is 21.7. The minimum atomic E-state index is -0.480. The van der Waals surface area contributed by atoms with Crippen LogP contribution in [0.25, 0.3) is 0 Å². The maximum atomic E-state index is 14.8. The van der Waals surface area contributed by atoms with E-state index in [9.17, 15) is 9.18 Å². The SMILES string of the molecule is CC[C@@H](OC(C)(C)C)[C@H]1COC(=O)N1c1ccnc(N[C@@H](C)c2ccc(OCC(C)C)cc2F)n1. The first-order valence-corrected chi connectivity index (χ1v) is 12.1. The Kier molecular flexibility index (Phi) is 8.53. The van der Waals surface area contributed by atoms with Crippen molar-refractivity contribution in [1.82, 2.24) is 9.97 Å². The van der Waals surface area contributed by atoms with Gasteiger partial charge in [-0.15, -0.1) is 0 Å². The quantitative estimate of drug-likeness (QED) is 0.456. The van der Waals surface area contributed by atoms with Crippen LogP contribution in [0.5, 0.6) is 5.75 Å². The van der Waals surface area contributed by atoms with Crippen LogP contribution in [0.15, 0.2) is 30.5 Å². The van der Waals surface area contributed by atoms with E-state index in [-0.39, 0.29) is 36.1 Å². The molecule has 0 spiro atoms. The number of nitrogens with one attached hydrogen (secondary N) is 1. The second kappa shape index (κ2) is 11.2. The third-order valence-corrected chi connectivity index (χ3v) is 5.50. The van der Waals surface area contributed by atoms with Crippen LogP contribution in [0.1, 0.15) is 66.5 Å². The Hall–Kier alpha value is -2.94. The molecule has 0 saturated carbocycles. The summed E-state index contributed by atoms with van der Waals surface area (Å²) in [5.41, 5.74) is 0.0876. The maximum absolute atomic E-state index is 14.8. The first-order valence-electron chi connectivity index (χ1n) is 12.1. The predicted molar refractivity (Wildman–Crippen MR) is 133 cm³/mol. The molecule has 3 rings (SSSR count). The number of benzene rings is 1. The highest BCUT2D eigenvalue weighted by molar-refractivity contribution is 5.89. The Labute approximate surface area is 207 Å². The van der Waals surface area contributed by atoms with Crippen LogP contribution in [0, 0.1) is 11.7 Å². The summed E-state index contributed by atoms with van der Waals surface area (Å²) in [5.74, 6) is 1.14. The molecule has 0 unspecified atom stereocenters. The largest absolute Gasteiger partial charge is 0.493 e. The summed E-state index contributed by atoms with van der Waals surface area (Å²) in [6, 6.07) is 5.75. The number of carbonyl (C=O) groups is 1. The van der Waals surface area contributed by atoms with E-state index < -0.39 is 12.1 Å². The van der Waals surface area contributed by atoms with Gasteiger partial charge in [0.15, 0.2) is 0 Å². The topological polar surface area (TPSA) is 85.8 Å². The lowest BCUT2D eigenvalue weighted by Crippen LogP contribution is -2.46. The number of cyclic esters (lactones) is 1. The van der Waals surface area contributed by atoms with Crippen LogP contribution in [0.3, 0.4) is 0 Å². The van der Waals surface area contributed by atoms with E-state index in [2.05, 4.69) is 15.3 Å². The van der Waals surface area contributed by atoms with Gasteiger partial charge in [0.2, 0.25) is 5.95 Å². The number of halogens is 1. The molecule has 1 aliphatic heterocycles. The Morgan fingerprint density at radius 3 is 2.63 bits per heavy atom. The molecule has 1 aromatic heterocycles. The molecule has 0 aliphatic carbocycles. The first kappa shape index (κ1) is 26.7. The molecule has 2 aromatic rings. The normalized spacial score (nSPS) is 17.9. The summed E-state index contributed by atoms with van der Waals surface area (Å²) in [5, 5.41) is 3.13. The van der Waals surface area contributed by atoms with Crippen molar-refractivity contribution < 1.29 is 23.4 Å². The second-order valence-electron chi connectivity index (χ2n) is 10.2. The second-order valence-corrected chi connectivity index (χ2v) is 10.2. The molecule has 8 nitrogen and oxygen atoms in total. The monoisotopic (exact) mass is 488 g/mol. The van der Waals surface area contributed by atoms with E-state index in [1.54, 1.807) is 24.4 Å². The van der Waals surface area contributed by atoms with Crippen molar-refractivity contribution in [2.24, 2.45) is 5.92 Å². The number of anilines is 2. The van der Waals surface area contributed by atoms with Crippen molar-refractivity contribution in [1.29, 1.82) is 0 Å². The summed E-state index contributed by atoms with van der Waals surface area (Å²) in [6.07, 6.45) is 1.56. The lowest BCUT2D eigenvalue weighted by Gasteiger charge is -2.33. The van der Waals surface area contributed by atoms with Gasteiger partial charge in [0.25, 0.3) is 0 Å². The minimum Gasteiger partial charge on any atom is -0.493 e. The molecule has 1 aromatic carbocycles. The summed E-state index contributed by atoms with van der Waals surface area (Å²) >= 11 is 0. The lowest BCUT2D eigenvalue weighted by molar-refractivity contribution is -0.0718. The predicted octanol–water partition coefficient (Wildman–Crippen LogP) is 5.74. The fourth-order valence-corrected chi connectivity index (χ4v) is 3.90. The van der Waals surface area contributed by atoms with Gasteiger partial charge in [0.05, 0.1) is 24.4 Å². The van der Waals surface area contributed by atoms with Crippen molar-refractivity contribution in [3.8, 4) is 5.75 Å². The highest BCUT2D eigenvalue weighted by Gasteiger charge is 2.41. The minimum absolute atomic E-state index is 0.215. The van der Waals surface area contributed by atoms with E-state index in [1.165, 1.54) is 11.0 Å². The van der Waals surface area contributed by atoms with Gasteiger partial charge in [-0.25, -0.2) is 14.2 Å². The van der Waals surface area contributed by atoms with E-state index in [4.69, 9.17) is 14.2 Å². The van der Waals surface area contributed by atoms with Crippen LogP contribution in [-0.4, -0.2) is 47.0 Å². The molecule has 2 heterocycles.